The number of nitrogen functional groups attached to an aromatic ring is 1. The average molecular weight is 380 g/mol. The summed E-state index contributed by atoms with van der Waals surface area (Å²) in [6.45, 7) is 1.97. The molecule has 0 spiro atoms. The number of methoxy groups -OCH3 is 1. The number of carbonyl (C=O) groups excluding carboxylic acids is 2. The van der Waals surface area contributed by atoms with Crippen LogP contribution in [0.5, 0.6) is 5.75 Å². The summed E-state index contributed by atoms with van der Waals surface area (Å²) in [5, 5.41) is 6.94. The normalized spacial score (nSPS) is 10.4. The lowest BCUT2D eigenvalue weighted by Crippen LogP contribution is -2.12. The number of hydrogen-bond donors (Lipinski definition) is 2. The second kappa shape index (κ2) is 8.26. The summed E-state index contributed by atoms with van der Waals surface area (Å²) in [6, 6.07) is 13.8. The maximum atomic E-state index is 12.4. The fourth-order valence-corrected chi connectivity index (χ4v) is 2.59. The maximum absolute atomic E-state index is 12.4. The molecule has 0 bridgehead atoms. The molecule has 8 nitrogen and oxygen atoms in total. The standard InChI is InChI=1S/C20H20N4O4/c1-3-28-20(26)17-12-22-24(18(17)21)15-9-7-13(8-10-15)19(25)23-14-5-4-6-16(11-14)27-2/h4-12H,3,21H2,1-2H3,(H,23,25). The minimum Gasteiger partial charge on any atom is -0.497 e. The molecule has 3 N–H and O–H groups in total. The van der Waals surface area contributed by atoms with Gasteiger partial charge in [-0.05, 0) is 43.3 Å². The van der Waals surface area contributed by atoms with Gasteiger partial charge in [-0.25, -0.2) is 9.48 Å². The van der Waals surface area contributed by atoms with E-state index in [9.17, 15) is 9.59 Å². The summed E-state index contributed by atoms with van der Waals surface area (Å²) in [5.74, 6) is 0.0349. The van der Waals surface area contributed by atoms with E-state index in [2.05, 4.69) is 10.4 Å². The number of amides is 1. The minimum absolute atomic E-state index is 0.173. The Kier molecular flexibility index (Phi) is 5.59. The fraction of sp³-hybridized carbons (Fsp3) is 0.150. The largest absolute Gasteiger partial charge is 0.497 e. The van der Waals surface area contributed by atoms with Gasteiger partial charge in [0.2, 0.25) is 0 Å². The van der Waals surface area contributed by atoms with Crippen LogP contribution in [0, 0.1) is 0 Å². The molecule has 0 saturated heterocycles. The van der Waals surface area contributed by atoms with E-state index in [0.717, 1.165) is 0 Å². The van der Waals surface area contributed by atoms with E-state index >= 15 is 0 Å². The highest BCUT2D eigenvalue weighted by molar-refractivity contribution is 6.04. The number of hydrogen-bond acceptors (Lipinski definition) is 6. The number of anilines is 2. The maximum Gasteiger partial charge on any atom is 0.343 e. The first-order valence-corrected chi connectivity index (χ1v) is 8.60. The van der Waals surface area contributed by atoms with Crippen molar-refractivity contribution < 1.29 is 19.1 Å². The van der Waals surface area contributed by atoms with Crippen LogP contribution in [-0.4, -0.2) is 35.4 Å². The Hall–Kier alpha value is -3.81. The zero-order valence-corrected chi connectivity index (χ0v) is 15.5. The first-order valence-electron chi connectivity index (χ1n) is 8.60. The van der Waals surface area contributed by atoms with Crippen molar-refractivity contribution in [3.8, 4) is 11.4 Å². The monoisotopic (exact) mass is 380 g/mol. The van der Waals surface area contributed by atoms with Crippen molar-refractivity contribution in [1.82, 2.24) is 9.78 Å². The first-order chi connectivity index (χ1) is 13.5. The third kappa shape index (κ3) is 3.96. The Balaban J connectivity index is 1.76. The second-order valence-electron chi connectivity index (χ2n) is 5.81. The number of nitrogens with zero attached hydrogens (tertiary/aromatic N) is 2. The van der Waals surface area contributed by atoms with Gasteiger partial charge in [0.15, 0.2) is 0 Å². The summed E-state index contributed by atoms with van der Waals surface area (Å²) < 4.78 is 11.5. The van der Waals surface area contributed by atoms with Crippen molar-refractivity contribution in [2.24, 2.45) is 0 Å². The molecule has 28 heavy (non-hydrogen) atoms. The van der Waals surface area contributed by atoms with Gasteiger partial charge in [0.1, 0.15) is 17.1 Å². The number of carbonyl (C=O) groups is 2. The molecule has 1 amide bonds. The smallest absolute Gasteiger partial charge is 0.343 e. The summed E-state index contributed by atoms with van der Waals surface area (Å²) in [6.07, 6.45) is 1.36. The molecular weight excluding hydrogens is 360 g/mol. The van der Waals surface area contributed by atoms with Crippen LogP contribution in [0.15, 0.2) is 54.7 Å². The topological polar surface area (TPSA) is 108 Å². The summed E-state index contributed by atoms with van der Waals surface area (Å²) in [4.78, 5) is 24.3. The lowest BCUT2D eigenvalue weighted by Gasteiger charge is -2.09. The minimum atomic E-state index is -0.527. The first kappa shape index (κ1) is 19.0. The lowest BCUT2D eigenvalue weighted by atomic mass is 10.2. The van der Waals surface area contributed by atoms with E-state index in [0.29, 0.717) is 22.7 Å². The van der Waals surface area contributed by atoms with Crippen molar-refractivity contribution in [2.45, 2.75) is 6.92 Å². The number of benzene rings is 2. The van der Waals surface area contributed by atoms with E-state index in [1.54, 1.807) is 62.6 Å². The SMILES string of the molecule is CCOC(=O)c1cnn(-c2ccc(C(=O)Nc3cccc(OC)c3)cc2)c1N. The van der Waals surface area contributed by atoms with Gasteiger partial charge >= 0.3 is 5.97 Å². The van der Waals surface area contributed by atoms with E-state index in [4.69, 9.17) is 15.2 Å². The molecule has 2 aromatic carbocycles. The Labute approximate surface area is 161 Å². The predicted octanol–water partition coefficient (Wildman–Crippen LogP) is 2.89. The van der Waals surface area contributed by atoms with Crippen molar-refractivity contribution in [2.75, 3.05) is 24.8 Å². The van der Waals surface area contributed by atoms with Crippen LogP contribution >= 0.6 is 0 Å². The van der Waals surface area contributed by atoms with E-state index < -0.39 is 5.97 Å². The van der Waals surface area contributed by atoms with Crippen LogP contribution in [-0.2, 0) is 4.74 Å². The molecular formula is C20H20N4O4. The van der Waals surface area contributed by atoms with Gasteiger partial charge in [-0.15, -0.1) is 0 Å². The molecule has 3 rings (SSSR count). The third-order valence-electron chi connectivity index (χ3n) is 4.00. The third-order valence-corrected chi connectivity index (χ3v) is 4.00. The number of rotatable bonds is 6. The number of esters is 1. The lowest BCUT2D eigenvalue weighted by molar-refractivity contribution is 0.0527. The van der Waals surface area contributed by atoms with E-state index in [1.165, 1.54) is 10.9 Å². The summed E-state index contributed by atoms with van der Waals surface area (Å²) >= 11 is 0. The van der Waals surface area contributed by atoms with Crippen LogP contribution in [0.3, 0.4) is 0 Å². The molecule has 0 atom stereocenters. The molecule has 0 unspecified atom stereocenters. The van der Waals surface area contributed by atoms with Gasteiger partial charge in [-0.2, -0.15) is 5.10 Å². The molecule has 0 radical (unpaired) electrons. The molecule has 1 heterocycles. The van der Waals surface area contributed by atoms with Gasteiger partial charge in [0.25, 0.3) is 5.91 Å². The summed E-state index contributed by atoms with van der Waals surface area (Å²) in [7, 11) is 1.56. The zero-order chi connectivity index (χ0) is 20.1. The molecule has 0 aliphatic heterocycles. The van der Waals surface area contributed by atoms with Gasteiger partial charge in [-0.1, -0.05) is 6.07 Å². The van der Waals surface area contributed by atoms with Crippen molar-refractivity contribution in [3.63, 3.8) is 0 Å². The fourth-order valence-electron chi connectivity index (χ4n) is 2.59. The van der Waals surface area contributed by atoms with Gasteiger partial charge in [0, 0.05) is 17.3 Å². The van der Waals surface area contributed by atoms with Crippen LogP contribution in [0.1, 0.15) is 27.6 Å². The number of aromatic nitrogens is 2. The van der Waals surface area contributed by atoms with Crippen LogP contribution in [0.25, 0.3) is 5.69 Å². The molecule has 0 aliphatic rings. The molecule has 1 aromatic heterocycles. The Morgan fingerprint density at radius 2 is 1.93 bits per heavy atom. The Bertz CT molecular complexity index is 996. The van der Waals surface area contributed by atoms with Crippen molar-refractivity contribution >= 4 is 23.4 Å². The zero-order valence-electron chi connectivity index (χ0n) is 15.5. The van der Waals surface area contributed by atoms with Crippen LogP contribution in [0.4, 0.5) is 11.5 Å². The van der Waals surface area contributed by atoms with Gasteiger partial charge < -0.3 is 20.5 Å². The highest BCUT2D eigenvalue weighted by atomic mass is 16.5. The number of ether oxygens (including phenoxy) is 2. The van der Waals surface area contributed by atoms with E-state index in [1.807, 2.05) is 0 Å². The number of nitrogens with one attached hydrogen (secondary N) is 1. The molecule has 0 aliphatic carbocycles. The highest BCUT2D eigenvalue weighted by Gasteiger charge is 2.17. The molecule has 0 fully saturated rings. The quantitative estimate of drug-likeness (QED) is 0.637. The molecule has 8 heteroatoms. The average Bonchev–Trinajstić information content (AvgIpc) is 3.10. The predicted molar refractivity (Wildman–Crippen MR) is 105 cm³/mol. The summed E-state index contributed by atoms with van der Waals surface area (Å²) in [5.41, 5.74) is 7.90. The molecule has 144 valence electrons. The van der Waals surface area contributed by atoms with Gasteiger partial charge in [0.05, 0.1) is 25.6 Å². The van der Waals surface area contributed by atoms with Crippen molar-refractivity contribution in [1.29, 1.82) is 0 Å². The van der Waals surface area contributed by atoms with Crippen molar-refractivity contribution in [3.05, 3.63) is 65.9 Å². The molecule has 0 saturated carbocycles. The highest BCUT2D eigenvalue weighted by Crippen LogP contribution is 2.20. The van der Waals surface area contributed by atoms with E-state index in [-0.39, 0.29) is 23.9 Å². The Morgan fingerprint density at radius 1 is 1.18 bits per heavy atom. The molecule has 3 aromatic rings. The number of nitrogens with two attached hydrogens (primary N) is 1. The Morgan fingerprint density at radius 3 is 2.61 bits per heavy atom. The second-order valence-corrected chi connectivity index (χ2v) is 5.81. The van der Waals surface area contributed by atoms with Crippen LogP contribution in [0.2, 0.25) is 0 Å². The van der Waals surface area contributed by atoms with Crippen LogP contribution < -0.4 is 15.8 Å². The van der Waals surface area contributed by atoms with Gasteiger partial charge in [-0.3, -0.25) is 4.79 Å².